The zero-order chi connectivity index (χ0) is 14.7. The van der Waals surface area contributed by atoms with Crippen LogP contribution in [0.2, 0.25) is 0 Å². The van der Waals surface area contributed by atoms with Crippen LogP contribution in [-0.2, 0) is 9.59 Å². The van der Waals surface area contributed by atoms with Gasteiger partial charge in [-0.1, -0.05) is 18.2 Å². The number of carbonyl (C=O) groups excluding carboxylic acids is 2. The largest absolute Gasteiger partial charge is 0.341 e. The zero-order valence-electron chi connectivity index (χ0n) is 11.8. The molecule has 0 aliphatic carbocycles. The molecule has 1 aliphatic rings. The number of carbonyl (C=O) groups is 2. The van der Waals surface area contributed by atoms with Crippen LogP contribution in [-0.4, -0.2) is 42.2 Å². The van der Waals surface area contributed by atoms with E-state index in [0.29, 0.717) is 19.5 Å². The van der Waals surface area contributed by atoms with Crippen molar-refractivity contribution in [3.63, 3.8) is 0 Å². The molecule has 0 saturated carbocycles. The first-order valence-corrected chi connectivity index (χ1v) is 7.20. The van der Waals surface area contributed by atoms with Crippen LogP contribution in [0.15, 0.2) is 30.3 Å². The second kappa shape index (κ2) is 6.27. The van der Waals surface area contributed by atoms with Gasteiger partial charge in [-0.05, 0) is 25.5 Å². The molecule has 1 aromatic carbocycles. The maximum Gasteiger partial charge on any atom is 0.240 e. The first-order chi connectivity index (χ1) is 9.50. The summed E-state index contributed by atoms with van der Waals surface area (Å²) in [4.78, 5) is 27.6. The topological polar surface area (TPSA) is 40.6 Å². The van der Waals surface area contributed by atoms with E-state index in [4.69, 9.17) is 11.6 Å². The minimum absolute atomic E-state index is 0.0497. The Morgan fingerprint density at radius 3 is 2.60 bits per heavy atom. The Labute approximate surface area is 124 Å². The molecule has 0 bridgehead atoms. The van der Waals surface area contributed by atoms with Crippen molar-refractivity contribution in [1.29, 1.82) is 0 Å². The number of para-hydroxylation sites is 1. The van der Waals surface area contributed by atoms with Gasteiger partial charge in [0.25, 0.3) is 0 Å². The summed E-state index contributed by atoms with van der Waals surface area (Å²) in [6.07, 6.45) is 0.700. The van der Waals surface area contributed by atoms with Gasteiger partial charge in [-0.25, -0.2) is 0 Å². The Morgan fingerprint density at radius 2 is 2.00 bits per heavy atom. The molecule has 1 saturated heterocycles. The van der Waals surface area contributed by atoms with Gasteiger partial charge in [0, 0.05) is 25.8 Å². The van der Waals surface area contributed by atoms with Crippen LogP contribution < -0.4 is 4.90 Å². The van der Waals surface area contributed by atoms with Crippen LogP contribution >= 0.6 is 11.6 Å². The number of alkyl halides is 1. The van der Waals surface area contributed by atoms with E-state index in [1.807, 2.05) is 30.3 Å². The van der Waals surface area contributed by atoms with Crippen molar-refractivity contribution in [2.75, 3.05) is 25.0 Å². The number of benzene rings is 1. The molecule has 2 atom stereocenters. The van der Waals surface area contributed by atoms with E-state index >= 15 is 0 Å². The SMILES string of the molecule is CC(Cl)C(=O)N1CCC(C(=O)N(C)c2ccccc2)C1. The van der Waals surface area contributed by atoms with Gasteiger partial charge in [0.15, 0.2) is 0 Å². The minimum atomic E-state index is -0.532. The lowest BCUT2D eigenvalue weighted by atomic mass is 10.1. The number of halogens is 1. The Kier molecular flexibility index (Phi) is 4.65. The third-order valence-corrected chi connectivity index (χ3v) is 3.85. The Balaban J connectivity index is 2.00. The van der Waals surface area contributed by atoms with Crippen molar-refractivity contribution >= 4 is 29.1 Å². The van der Waals surface area contributed by atoms with Crippen molar-refractivity contribution in [3.8, 4) is 0 Å². The molecule has 0 N–H and O–H groups in total. The van der Waals surface area contributed by atoms with E-state index in [-0.39, 0.29) is 17.7 Å². The molecule has 0 aromatic heterocycles. The number of likely N-dealkylation sites (tertiary alicyclic amines) is 1. The van der Waals surface area contributed by atoms with Crippen LogP contribution in [0.1, 0.15) is 13.3 Å². The molecule has 20 heavy (non-hydrogen) atoms. The summed E-state index contributed by atoms with van der Waals surface area (Å²) in [7, 11) is 1.77. The highest BCUT2D eigenvalue weighted by atomic mass is 35.5. The molecule has 1 heterocycles. The van der Waals surface area contributed by atoms with Crippen molar-refractivity contribution in [3.05, 3.63) is 30.3 Å². The van der Waals surface area contributed by atoms with E-state index in [0.717, 1.165) is 5.69 Å². The highest BCUT2D eigenvalue weighted by molar-refractivity contribution is 6.30. The number of nitrogens with zero attached hydrogens (tertiary/aromatic N) is 2. The molecule has 1 aromatic rings. The summed E-state index contributed by atoms with van der Waals surface area (Å²) < 4.78 is 0. The number of hydrogen-bond acceptors (Lipinski definition) is 2. The van der Waals surface area contributed by atoms with Crippen molar-refractivity contribution in [2.24, 2.45) is 5.92 Å². The predicted molar refractivity (Wildman–Crippen MR) is 79.9 cm³/mol. The number of amides is 2. The number of rotatable bonds is 3. The van der Waals surface area contributed by atoms with Gasteiger partial charge >= 0.3 is 0 Å². The molecule has 0 radical (unpaired) electrons. The van der Waals surface area contributed by atoms with Gasteiger partial charge in [0.2, 0.25) is 11.8 Å². The molecule has 5 heteroatoms. The maximum atomic E-state index is 12.4. The minimum Gasteiger partial charge on any atom is -0.341 e. The molecular formula is C15H19ClN2O2. The quantitative estimate of drug-likeness (QED) is 0.801. The molecule has 2 rings (SSSR count). The average Bonchev–Trinajstić information content (AvgIpc) is 2.95. The highest BCUT2D eigenvalue weighted by Crippen LogP contribution is 2.22. The lowest BCUT2D eigenvalue weighted by Gasteiger charge is -2.22. The van der Waals surface area contributed by atoms with Crippen LogP contribution in [0.5, 0.6) is 0 Å². The first kappa shape index (κ1) is 14.9. The average molecular weight is 295 g/mol. The van der Waals surface area contributed by atoms with Crippen LogP contribution in [0, 0.1) is 5.92 Å². The fourth-order valence-electron chi connectivity index (χ4n) is 2.47. The second-order valence-electron chi connectivity index (χ2n) is 5.12. The second-order valence-corrected chi connectivity index (χ2v) is 5.77. The Bertz CT molecular complexity index is 490. The fraction of sp³-hybridized carbons (Fsp3) is 0.467. The molecule has 108 valence electrons. The maximum absolute atomic E-state index is 12.4. The van der Waals surface area contributed by atoms with E-state index in [1.54, 1.807) is 23.8 Å². The highest BCUT2D eigenvalue weighted by Gasteiger charge is 2.33. The normalized spacial score (nSPS) is 19.8. The van der Waals surface area contributed by atoms with Crippen LogP contribution in [0.4, 0.5) is 5.69 Å². The molecule has 2 unspecified atom stereocenters. The summed E-state index contributed by atoms with van der Waals surface area (Å²) in [6, 6.07) is 9.52. The zero-order valence-corrected chi connectivity index (χ0v) is 12.5. The third-order valence-electron chi connectivity index (χ3n) is 3.66. The molecule has 1 fully saturated rings. The Hall–Kier alpha value is -1.55. The molecule has 0 spiro atoms. The van der Waals surface area contributed by atoms with Crippen molar-refractivity contribution < 1.29 is 9.59 Å². The van der Waals surface area contributed by atoms with Crippen molar-refractivity contribution in [2.45, 2.75) is 18.7 Å². The summed E-state index contributed by atoms with van der Waals surface area (Å²) >= 11 is 5.81. The molecular weight excluding hydrogens is 276 g/mol. The standard InChI is InChI=1S/C15H19ClN2O2/c1-11(16)14(19)18-9-8-12(10-18)15(20)17(2)13-6-4-3-5-7-13/h3-7,11-12H,8-10H2,1-2H3. The fourth-order valence-corrected chi connectivity index (χ4v) is 2.60. The molecule has 4 nitrogen and oxygen atoms in total. The van der Waals surface area contributed by atoms with E-state index in [9.17, 15) is 9.59 Å². The van der Waals surface area contributed by atoms with Gasteiger partial charge in [-0.3, -0.25) is 9.59 Å². The first-order valence-electron chi connectivity index (χ1n) is 6.76. The van der Waals surface area contributed by atoms with E-state index in [1.165, 1.54) is 0 Å². The smallest absolute Gasteiger partial charge is 0.240 e. The van der Waals surface area contributed by atoms with Gasteiger partial charge in [0.05, 0.1) is 5.92 Å². The lowest BCUT2D eigenvalue weighted by Crippen LogP contribution is -2.37. The molecule has 1 aliphatic heterocycles. The Morgan fingerprint density at radius 1 is 1.35 bits per heavy atom. The molecule has 2 amide bonds. The monoisotopic (exact) mass is 294 g/mol. The summed E-state index contributed by atoms with van der Waals surface area (Å²) in [5, 5.41) is -0.532. The van der Waals surface area contributed by atoms with Crippen LogP contribution in [0.3, 0.4) is 0 Å². The summed E-state index contributed by atoms with van der Waals surface area (Å²) in [6.45, 7) is 2.73. The number of anilines is 1. The van der Waals surface area contributed by atoms with Crippen LogP contribution in [0.25, 0.3) is 0 Å². The van der Waals surface area contributed by atoms with E-state index in [2.05, 4.69) is 0 Å². The van der Waals surface area contributed by atoms with Crippen molar-refractivity contribution in [1.82, 2.24) is 4.90 Å². The van der Waals surface area contributed by atoms with Gasteiger partial charge in [0.1, 0.15) is 5.38 Å². The number of hydrogen-bond donors (Lipinski definition) is 0. The van der Waals surface area contributed by atoms with E-state index < -0.39 is 5.38 Å². The summed E-state index contributed by atoms with van der Waals surface area (Å²) in [5.74, 6) is -0.183. The predicted octanol–water partition coefficient (Wildman–Crippen LogP) is 2.13. The summed E-state index contributed by atoms with van der Waals surface area (Å²) in [5.41, 5.74) is 0.869. The third kappa shape index (κ3) is 3.12. The van der Waals surface area contributed by atoms with Gasteiger partial charge in [-0.2, -0.15) is 0 Å². The van der Waals surface area contributed by atoms with Gasteiger partial charge in [-0.15, -0.1) is 11.6 Å². The lowest BCUT2D eigenvalue weighted by molar-refractivity contribution is -0.129. The van der Waals surface area contributed by atoms with Gasteiger partial charge < -0.3 is 9.80 Å².